The maximum atomic E-state index is 11.2. The monoisotopic (exact) mass is 439 g/mol. The number of hydrogen-bond donors (Lipinski definition) is 0. The molecule has 0 amide bonds. The van der Waals surface area contributed by atoms with Crippen molar-refractivity contribution >= 4 is 34.1 Å². The zero-order chi connectivity index (χ0) is 23.3. The van der Waals surface area contributed by atoms with Crippen molar-refractivity contribution < 1.29 is 4.79 Å². The van der Waals surface area contributed by atoms with Crippen LogP contribution in [0.5, 0.6) is 0 Å². The lowest BCUT2D eigenvalue weighted by Crippen LogP contribution is -2.17. The first-order chi connectivity index (χ1) is 16.6. The number of aldehydes is 1. The van der Waals surface area contributed by atoms with Crippen LogP contribution in [0.25, 0.3) is 21.9 Å². The minimum Gasteiger partial charge on any atom is -0.310 e. The van der Waals surface area contributed by atoms with Crippen molar-refractivity contribution in [2.45, 2.75) is 19.3 Å². The normalized spacial score (nSPS) is 13.4. The van der Waals surface area contributed by atoms with Crippen LogP contribution < -0.4 is 4.90 Å². The molecule has 1 aliphatic carbocycles. The zero-order valence-electron chi connectivity index (χ0n) is 19.3. The van der Waals surface area contributed by atoms with E-state index < -0.39 is 0 Å². The maximum Gasteiger partial charge on any atom is 0.150 e. The molecule has 1 aliphatic rings. The third-order valence-corrected chi connectivity index (χ3v) is 7.08. The largest absolute Gasteiger partial charge is 0.310 e. The van der Waals surface area contributed by atoms with Crippen molar-refractivity contribution in [2.75, 3.05) is 4.90 Å². The number of nitrogens with zero attached hydrogens (tertiary/aromatic N) is 1. The Kier molecular flexibility index (Phi) is 4.63. The van der Waals surface area contributed by atoms with Gasteiger partial charge in [0.15, 0.2) is 0 Å². The van der Waals surface area contributed by atoms with Gasteiger partial charge in [0.05, 0.1) is 0 Å². The third-order valence-electron chi connectivity index (χ3n) is 7.08. The molecule has 0 heterocycles. The van der Waals surface area contributed by atoms with E-state index in [1.807, 2.05) is 30.3 Å². The lowest BCUT2D eigenvalue weighted by atomic mass is 9.80. The van der Waals surface area contributed by atoms with Crippen molar-refractivity contribution in [3.8, 4) is 11.1 Å². The van der Waals surface area contributed by atoms with Crippen LogP contribution in [0.2, 0.25) is 0 Å². The maximum absolute atomic E-state index is 11.2. The molecule has 0 saturated heterocycles. The summed E-state index contributed by atoms with van der Waals surface area (Å²) in [6.45, 7) is 4.67. The summed E-state index contributed by atoms with van der Waals surface area (Å²) in [6, 6.07) is 38.2. The van der Waals surface area contributed by atoms with Crippen LogP contribution in [-0.2, 0) is 5.41 Å². The van der Waals surface area contributed by atoms with Crippen molar-refractivity contribution in [3.63, 3.8) is 0 Å². The highest BCUT2D eigenvalue weighted by atomic mass is 16.1. The Hall–Kier alpha value is -4.17. The molecule has 34 heavy (non-hydrogen) atoms. The molecule has 0 N–H and O–H groups in total. The van der Waals surface area contributed by atoms with E-state index in [0.717, 1.165) is 23.3 Å². The first-order valence-corrected chi connectivity index (χ1v) is 11.7. The fraction of sp³-hybridized carbons (Fsp3) is 0.0938. The summed E-state index contributed by atoms with van der Waals surface area (Å²) < 4.78 is 0. The number of fused-ring (bicyclic) bond motifs is 5. The molecule has 0 unspecified atom stereocenters. The van der Waals surface area contributed by atoms with E-state index in [1.165, 1.54) is 33.0 Å². The number of hydrogen-bond acceptors (Lipinski definition) is 2. The summed E-state index contributed by atoms with van der Waals surface area (Å²) in [4.78, 5) is 13.5. The Morgan fingerprint density at radius 3 is 2.06 bits per heavy atom. The van der Waals surface area contributed by atoms with Gasteiger partial charge in [-0.25, -0.2) is 0 Å². The van der Waals surface area contributed by atoms with E-state index >= 15 is 0 Å². The van der Waals surface area contributed by atoms with Gasteiger partial charge in [-0.15, -0.1) is 0 Å². The predicted molar refractivity (Wildman–Crippen MR) is 142 cm³/mol. The Labute approximate surface area is 200 Å². The molecular weight excluding hydrogens is 414 g/mol. The number of carbonyl (C=O) groups is 1. The molecule has 5 aromatic carbocycles. The first-order valence-electron chi connectivity index (χ1n) is 11.7. The highest BCUT2D eigenvalue weighted by molar-refractivity contribution is 5.98. The van der Waals surface area contributed by atoms with Crippen LogP contribution >= 0.6 is 0 Å². The van der Waals surface area contributed by atoms with Crippen LogP contribution in [0.4, 0.5) is 17.1 Å². The Morgan fingerprint density at radius 2 is 1.29 bits per heavy atom. The van der Waals surface area contributed by atoms with Gasteiger partial charge in [-0.3, -0.25) is 4.79 Å². The highest BCUT2D eigenvalue weighted by Gasteiger charge is 2.37. The van der Waals surface area contributed by atoms with Crippen molar-refractivity contribution in [3.05, 3.63) is 126 Å². The number of benzene rings is 5. The number of para-hydroxylation sites is 1. The topological polar surface area (TPSA) is 20.3 Å². The second-order valence-electron chi connectivity index (χ2n) is 9.44. The van der Waals surface area contributed by atoms with Gasteiger partial charge < -0.3 is 4.90 Å². The second kappa shape index (κ2) is 7.71. The fourth-order valence-electron chi connectivity index (χ4n) is 5.45. The van der Waals surface area contributed by atoms with Gasteiger partial charge in [0, 0.05) is 28.0 Å². The third kappa shape index (κ3) is 3.07. The fourth-order valence-corrected chi connectivity index (χ4v) is 5.45. The Bertz CT molecular complexity index is 1530. The van der Waals surface area contributed by atoms with Gasteiger partial charge in [-0.05, 0) is 81.6 Å². The second-order valence-corrected chi connectivity index (χ2v) is 9.44. The van der Waals surface area contributed by atoms with E-state index in [1.54, 1.807) is 0 Å². The standard InChI is InChI=1S/C32H25NO/c1-32(2)30-20-26(17-19-28(30)29-18-14-23-8-6-7-11-27(23)31(29)32)33(24-9-4-3-5-10-24)25-15-12-22(21-34)13-16-25/h3-21H,1-2H3. The molecule has 0 atom stereocenters. The molecule has 0 radical (unpaired) electrons. The van der Waals surface area contributed by atoms with Crippen molar-refractivity contribution in [1.29, 1.82) is 0 Å². The molecule has 2 heteroatoms. The van der Waals surface area contributed by atoms with E-state index in [4.69, 9.17) is 0 Å². The van der Waals surface area contributed by atoms with Crippen LogP contribution in [-0.4, -0.2) is 6.29 Å². The van der Waals surface area contributed by atoms with Crippen LogP contribution in [0.3, 0.4) is 0 Å². The lowest BCUT2D eigenvalue weighted by Gasteiger charge is -2.28. The molecule has 0 fully saturated rings. The molecule has 0 bridgehead atoms. The van der Waals surface area contributed by atoms with E-state index in [0.29, 0.717) is 5.56 Å². The molecule has 164 valence electrons. The van der Waals surface area contributed by atoms with Crippen LogP contribution in [0, 0.1) is 0 Å². The zero-order valence-corrected chi connectivity index (χ0v) is 19.3. The van der Waals surface area contributed by atoms with Gasteiger partial charge in [-0.2, -0.15) is 0 Å². The molecular formula is C32H25NO. The summed E-state index contributed by atoms with van der Waals surface area (Å²) in [7, 11) is 0. The highest BCUT2D eigenvalue weighted by Crippen LogP contribution is 2.52. The van der Waals surface area contributed by atoms with Crippen LogP contribution in [0.1, 0.15) is 35.3 Å². The predicted octanol–water partition coefficient (Wildman–Crippen LogP) is 8.43. The molecule has 0 saturated carbocycles. The molecule has 2 nitrogen and oxygen atoms in total. The van der Waals surface area contributed by atoms with Gasteiger partial charge in [0.1, 0.15) is 6.29 Å². The summed E-state index contributed by atoms with van der Waals surface area (Å²) in [5.74, 6) is 0. The van der Waals surface area contributed by atoms with Crippen molar-refractivity contribution in [2.24, 2.45) is 0 Å². The molecule has 6 rings (SSSR count). The minimum absolute atomic E-state index is 0.120. The SMILES string of the molecule is CC1(C)c2cc(N(c3ccccc3)c3ccc(C=O)cc3)ccc2-c2ccc3ccccc3c21. The summed E-state index contributed by atoms with van der Waals surface area (Å²) in [5, 5.41) is 2.61. The quantitative estimate of drug-likeness (QED) is 0.262. The summed E-state index contributed by atoms with van der Waals surface area (Å²) >= 11 is 0. The number of carbonyl (C=O) groups excluding carboxylic acids is 1. The Balaban J connectivity index is 1.54. The van der Waals surface area contributed by atoms with Crippen LogP contribution in [0.15, 0.2) is 109 Å². The van der Waals surface area contributed by atoms with Gasteiger partial charge in [0.25, 0.3) is 0 Å². The molecule has 0 spiro atoms. The lowest BCUT2D eigenvalue weighted by molar-refractivity contribution is 0.112. The number of anilines is 3. The van der Waals surface area contributed by atoms with Gasteiger partial charge in [0.2, 0.25) is 0 Å². The average Bonchev–Trinajstić information content (AvgIpc) is 3.12. The molecule has 0 aliphatic heterocycles. The van der Waals surface area contributed by atoms with E-state index in [-0.39, 0.29) is 5.41 Å². The van der Waals surface area contributed by atoms with E-state index in [2.05, 4.69) is 97.6 Å². The molecule has 0 aromatic heterocycles. The Morgan fingerprint density at radius 1 is 0.647 bits per heavy atom. The first kappa shape index (κ1) is 20.4. The average molecular weight is 440 g/mol. The van der Waals surface area contributed by atoms with Gasteiger partial charge in [-0.1, -0.05) is 74.5 Å². The smallest absolute Gasteiger partial charge is 0.150 e. The van der Waals surface area contributed by atoms with Crippen molar-refractivity contribution in [1.82, 2.24) is 0 Å². The summed E-state index contributed by atoms with van der Waals surface area (Å²) in [5.41, 5.74) is 9.14. The summed E-state index contributed by atoms with van der Waals surface area (Å²) in [6.07, 6.45) is 0.885. The van der Waals surface area contributed by atoms with Gasteiger partial charge >= 0.3 is 0 Å². The van der Waals surface area contributed by atoms with E-state index in [9.17, 15) is 4.79 Å². The molecule has 5 aromatic rings. The minimum atomic E-state index is -0.120. The number of rotatable bonds is 4.